The first-order valence-electron chi connectivity index (χ1n) is 9.45. The van der Waals surface area contributed by atoms with Crippen LogP contribution in [0.4, 0.5) is 34.6 Å². The number of anilines is 3. The molecule has 1 unspecified atom stereocenters. The van der Waals surface area contributed by atoms with Crippen LogP contribution < -0.4 is 21.9 Å². The molecule has 2 rings (SSSR count). The van der Waals surface area contributed by atoms with E-state index in [4.69, 9.17) is 5.84 Å². The van der Waals surface area contributed by atoms with Crippen LogP contribution in [0.5, 0.6) is 0 Å². The summed E-state index contributed by atoms with van der Waals surface area (Å²) in [5.74, 6) is 4.19. The van der Waals surface area contributed by atoms with Gasteiger partial charge in [0.15, 0.2) is 5.60 Å². The standard InChI is InChI=1S/C21H26F4N4O2/c1-13(30)28-18-8-7-14(22)9-17(18)19(2,3)11-20(31,21(23,24)25)12-27-15-5-4-6-16(10-15)29-26/h4-10,27,29,31H,11-12,26H2,1-3H3,(H,28,30). The molecule has 0 aliphatic heterocycles. The largest absolute Gasteiger partial charge is 0.418 e. The van der Waals surface area contributed by atoms with Gasteiger partial charge in [-0.3, -0.25) is 10.6 Å². The lowest BCUT2D eigenvalue weighted by molar-refractivity contribution is -0.260. The number of benzene rings is 2. The van der Waals surface area contributed by atoms with Gasteiger partial charge in [0.25, 0.3) is 0 Å². The fraction of sp³-hybridized carbons (Fsp3) is 0.381. The highest BCUT2D eigenvalue weighted by Crippen LogP contribution is 2.43. The molecule has 0 spiro atoms. The van der Waals surface area contributed by atoms with Crippen molar-refractivity contribution in [2.75, 3.05) is 22.6 Å². The summed E-state index contributed by atoms with van der Waals surface area (Å²) in [6, 6.07) is 9.67. The maximum absolute atomic E-state index is 13.9. The Morgan fingerprint density at radius 2 is 1.74 bits per heavy atom. The highest BCUT2D eigenvalue weighted by molar-refractivity contribution is 5.89. The molecule has 0 bridgehead atoms. The molecule has 1 atom stereocenters. The second kappa shape index (κ2) is 9.11. The van der Waals surface area contributed by atoms with Crippen molar-refractivity contribution in [3.63, 3.8) is 0 Å². The molecule has 2 aromatic carbocycles. The number of halogens is 4. The number of carbonyl (C=O) groups excluding carboxylic acids is 1. The summed E-state index contributed by atoms with van der Waals surface area (Å²) in [6.07, 6.45) is -5.77. The van der Waals surface area contributed by atoms with Gasteiger partial charge in [0.05, 0.1) is 12.2 Å². The minimum atomic E-state index is -4.98. The molecular formula is C21H26F4N4O2. The molecule has 6 N–H and O–H groups in total. The van der Waals surface area contributed by atoms with E-state index >= 15 is 0 Å². The number of hydrogen-bond acceptors (Lipinski definition) is 5. The fourth-order valence-corrected chi connectivity index (χ4v) is 3.43. The second-order valence-electron chi connectivity index (χ2n) is 8.04. The fourth-order valence-electron chi connectivity index (χ4n) is 3.43. The van der Waals surface area contributed by atoms with Crippen molar-refractivity contribution in [2.24, 2.45) is 5.84 Å². The Bertz CT molecular complexity index is 934. The SMILES string of the molecule is CC(=O)Nc1ccc(F)cc1C(C)(C)CC(O)(CNc1cccc(NN)c1)C(F)(F)F. The van der Waals surface area contributed by atoms with Gasteiger partial charge < -0.3 is 21.2 Å². The van der Waals surface area contributed by atoms with Gasteiger partial charge in [-0.15, -0.1) is 0 Å². The number of alkyl halides is 3. The zero-order valence-electron chi connectivity index (χ0n) is 17.4. The van der Waals surface area contributed by atoms with Crippen LogP contribution in [-0.2, 0) is 10.2 Å². The molecular weight excluding hydrogens is 416 g/mol. The molecule has 170 valence electrons. The molecule has 0 aliphatic rings. The van der Waals surface area contributed by atoms with Gasteiger partial charge in [-0.05, 0) is 53.8 Å². The quantitative estimate of drug-likeness (QED) is 0.240. The number of carbonyl (C=O) groups is 1. The predicted molar refractivity (Wildman–Crippen MR) is 112 cm³/mol. The predicted octanol–water partition coefficient (Wildman–Crippen LogP) is 4.14. The normalized spacial score (nSPS) is 14.0. The van der Waals surface area contributed by atoms with E-state index in [9.17, 15) is 27.5 Å². The molecule has 0 aromatic heterocycles. The van der Waals surface area contributed by atoms with Gasteiger partial charge in [0, 0.05) is 18.3 Å². The summed E-state index contributed by atoms with van der Waals surface area (Å²) in [5, 5.41) is 15.8. The highest BCUT2D eigenvalue weighted by atomic mass is 19.4. The molecule has 0 radical (unpaired) electrons. The molecule has 0 fully saturated rings. The van der Waals surface area contributed by atoms with Gasteiger partial charge in [0.1, 0.15) is 5.82 Å². The zero-order chi connectivity index (χ0) is 23.4. The first-order chi connectivity index (χ1) is 14.3. The first kappa shape index (κ1) is 24.4. The van der Waals surface area contributed by atoms with E-state index in [1.807, 2.05) is 0 Å². The molecule has 2 aromatic rings. The van der Waals surface area contributed by atoms with Gasteiger partial charge in [-0.2, -0.15) is 13.2 Å². The van der Waals surface area contributed by atoms with Gasteiger partial charge in [-0.25, -0.2) is 4.39 Å². The number of rotatable bonds is 8. The summed E-state index contributed by atoms with van der Waals surface area (Å²) in [6.45, 7) is 3.28. The van der Waals surface area contributed by atoms with Crippen LogP contribution in [0.1, 0.15) is 32.8 Å². The third kappa shape index (κ3) is 6.08. The maximum Gasteiger partial charge on any atom is 0.418 e. The number of nitrogens with one attached hydrogen (secondary N) is 3. The Morgan fingerprint density at radius 3 is 2.32 bits per heavy atom. The van der Waals surface area contributed by atoms with Crippen molar-refractivity contribution >= 4 is 23.0 Å². The van der Waals surface area contributed by atoms with Crippen LogP contribution in [0.15, 0.2) is 42.5 Å². The number of hydrogen-bond donors (Lipinski definition) is 5. The van der Waals surface area contributed by atoms with Crippen LogP contribution in [0.2, 0.25) is 0 Å². The zero-order valence-corrected chi connectivity index (χ0v) is 17.4. The van der Waals surface area contributed by atoms with E-state index in [1.54, 1.807) is 12.1 Å². The third-order valence-corrected chi connectivity index (χ3v) is 4.90. The van der Waals surface area contributed by atoms with E-state index in [1.165, 1.54) is 39.0 Å². The third-order valence-electron chi connectivity index (χ3n) is 4.90. The number of amides is 1. The van der Waals surface area contributed by atoms with Crippen molar-refractivity contribution in [1.29, 1.82) is 0 Å². The van der Waals surface area contributed by atoms with Crippen LogP contribution in [0, 0.1) is 5.82 Å². The Balaban J connectivity index is 2.36. The summed E-state index contributed by atoms with van der Waals surface area (Å²) in [7, 11) is 0. The van der Waals surface area contributed by atoms with Gasteiger partial charge in [0.2, 0.25) is 5.91 Å². The van der Waals surface area contributed by atoms with E-state index in [2.05, 4.69) is 16.1 Å². The van der Waals surface area contributed by atoms with Crippen molar-refractivity contribution < 1.29 is 27.5 Å². The molecule has 0 heterocycles. The van der Waals surface area contributed by atoms with Crippen LogP contribution in [0.3, 0.4) is 0 Å². The molecule has 1 amide bonds. The van der Waals surface area contributed by atoms with Gasteiger partial charge >= 0.3 is 6.18 Å². The maximum atomic E-state index is 13.9. The van der Waals surface area contributed by atoms with E-state index in [0.717, 1.165) is 12.1 Å². The minimum absolute atomic E-state index is 0.139. The van der Waals surface area contributed by atoms with E-state index in [0.29, 0.717) is 11.4 Å². The molecule has 6 nitrogen and oxygen atoms in total. The lowest BCUT2D eigenvalue weighted by Gasteiger charge is -2.39. The second-order valence-corrected chi connectivity index (χ2v) is 8.04. The average molecular weight is 442 g/mol. The molecule has 10 heteroatoms. The van der Waals surface area contributed by atoms with Crippen LogP contribution in [0.25, 0.3) is 0 Å². The summed E-state index contributed by atoms with van der Waals surface area (Å²) in [5.41, 5.74) is -1.01. The summed E-state index contributed by atoms with van der Waals surface area (Å²) < 4.78 is 55.7. The van der Waals surface area contributed by atoms with Gasteiger partial charge in [-0.1, -0.05) is 19.9 Å². The van der Waals surface area contributed by atoms with Crippen molar-refractivity contribution in [2.45, 2.75) is 44.4 Å². The lowest BCUT2D eigenvalue weighted by Crippen LogP contribution is -2.53. The molecule has 0 saturated heterocycles. The lowest BCUT2D eigenvalue weighted by atomic mass is 9.74. The van der Waals surface area contributed by atoms with E-state index in [-0.39, 0.29) is 11.3 Å². The monoisotopic (exact) mass is 442 g/mol. The Hall–Kier alpha value is -2.85. The number of nitrogen functional groups attached to an aromatic ring is 1. The Labute approximate surface area is 177 Å². The Morgan fingerprint density at radius 1 is 1.10 bits per heavy atom. The van der Waals surface area contributed by atoms with Crippen LogP contribution >= 0.6 is 0 Å². The van der Waals surface area contributed by atoms with Crippen molar-refractivity contribution in [3.05, 3.63) is 53.8 Å². The topological polar surface area (TPSA) is 99.4 Å². The van der Waals surface area contributed by atoms with Crippen molar-refractivity contribution in [1.82, 2.24) is 0 Å². The number of aliphatic hydroxyl groups is 1. The molecule has 31 heavy (non-hydrogen) atoms. The number of hydrazine groups is 1. The first-order valence-corrected chi connectivity index (χ1v) is 9.45. The average Bonchev–Trinajstić information content (AvgIpc) is 2.66. The Kier molecular flexibility index (Phi) is 7.17. The minimum Gasteiger partial charge on any atom is -0.382 e. The number of nitrogens with two attached hydrogens (primary N) is 1. The molecule has 0 saturated carbocycles. The smallest absolute Gasteiger partial charge is 0.382 e. The van der Waals surface area contributed by atoms with Crippen molar-refractivity contribution in [3.8, 4) is 0 Å². The van der Waals surface area contributed by atoms with E-state index < -0.39 is 41.9 Å². The highest BCUT2D eigenvalue weighted by Gasteiger charge is 2.56. The van der Waals surface area contributed by atoms with Crippen LogP contribution in [-0.4, -0.2) is 29.3 Å². The summed E-state index contributed by atoms with van der Waals surface area (Å²) in [4.78, 5) is 11.5. The summed E-state index contributed by atoms with van der Waals surface area (Å²) >= 11 is 0. The molecule has 0 aliphatic carbocycles.